The molecule has 0 spiro atoms. The Labute approximate surface area is 110 Å². The average molecular weight is 244 g/mol. The number of hydrogen-bond acceptors (Lipinski definition) is 2. The maximum atomic E-state index is 3.61. The van der Waals surface area contributed by atoms with Gasteiger partial charge in [0, 0.05) is 31.4 Å². The Morgan fingerprint density at radius 1 is 1.11 bits per heavy atom. The van der Waals surface area contributed by atoms with E-state index in [0.717, 1.165) is 18.5 Å². The number of rotatable bonds is 4. The van der Waals surface area contributed by atoms with Crippen LogP contribution in [-0.4, -0.2) is 19.1 Å². The predicted octanol–water partition coefficient (Wildman–Crippen LogP) is 3.17. The zero-order valence-electron chi connectivity index (χ0n) is 11.4. The van der Waals surface area contributed by atoms with Crippen LogP contribution >= 0.6 is 0 Å². The molecule has 98 valence electrons. The van der Waals surface area contributed by atoms with Crippen LogP contribution in [0.4, 0.5) is 5.69 Å². The minimum Gasteiger partial charge on any atom is -0.372 e. The highest BCUT2D eigenvalue weighted by Crippen LogP contribution is 2.29. The smallest absolute Gasteiger partial charge is 0.0366 e. The van der Waals surface area contributed by atoms with Crippen LogP contribution in [-0.2, 0) is 6.54 Å². The molecule has 2 aliphatic rings. The number of piperidine rings is 1. The van der Waals surface area contributed by atoms with Gasteiger partial charge in [0.2, 0.25) is 0 Å². The van der Waals surface area contributed by atoms with Crippen molar-refractivity contribution in [2.45, 2.75) is 45.2 Å². The summed E-state index contributed by atoms with van der Waals surface area (Å²) in [6.45, 7) is 5.81. The first-order valence-corrected chi connectivity index (χ1v) is 7.40. The van der Waals surface area contributed by atoms with E-state index in [2.05, 4.69) is 41.4 Å². The molecule has 2 fully saturated rings. The lowest BCUT2D eigenvalue weighted by molar-refractivity contribution is 0.577. The van der Waals surface area contributed by atoms with Crippen molar-refractivity contribution in [3.63, 3.8) is 0 Å². The molecule has 0 radical (unpaired) electrons. The molecule has 2 atom stereocenters. The van der Waals surface area contributed by atoms with E-state index in [1.807, 2.05) is 0 Å². The molecule has 1 aromatic carbocycles. The summed E-state index contributed by atoms with van der Waals surface area (Å²) in [5, 5.41) is 3.61. The third kappa shape index (κ3) is 2.86. The van der Waals surface area contributed by atoms with E-state index in [-0.39, 0.29) is 0 Å². The fourth-order valence-corrected chi connectivity index (χ4v) is 2.83. The first-order valence-electron chi connectivity index (χ1n) is 7.40. The van der Waals surface area contributed by atoms with Crippen molar-refractivity contribution in [3.8, 4) is 0 Å². The zero-order valence-corrected chi connectivity index (χ0v) is 11.4. The predicted molar refractivity (Wildman–Crippen MR) is 76.9 cm³/mol. The summed E-state index contributed by atoms with van der Waals surface area (Å²) >= 11 is 0. The van der Waals surface area contributed by atoms with Crippen LogP contribution in [0, 0.1) is 5.92 Å². The van der Waals surface area contributed by atoms with E-state index in [4.69, 9.17) is 0 Å². The standard InChI is InChI=1S/C16H24N2/c1-13-11-16(13)17-12-14-5-7-15(8-6-14)18-9-3-2-4-10-18/h5-8,13,16-17H,2-4,9-12H2,1H3. The Bertz CT molecular complexity index is 379. The molecule has 1 saturated heterocycles. The van der Waals surface area contributed by atoms with E-state index >= 15 is 0 Å². The molecule has 0 aromatic heterocycles. The van der Waals surface area contributed by atoms with Crippen LogP contribution < -0.4 is 10.2 Å². The Hall–Kier alpha value is -1.02. The largest absolute Gasteiger partial charge is 0.372 e. The highest BCUT2D eigenvalue weighted by atomic mass is 15.1. The molecular formula is C16H24N2. The van der Waals surface area contributed by atoms with Gasteiger partial charge in [-0.05, 0) is 49.3 Å². The Morgan fingerprint density at radius 2 is 1.78 bits per heavy atom. The monoisotopic (exact) mass is 244 g/mol. The van der Waals surface area contributed by atoms with Crippen molar-refractivity contribution in [1.29, 1.82) is 0 Å². The molecule has 1 N–H and O–H groups in total. The van der Waals surface area contributed by atoms with E-state index in [1.165, 1.54) is 50.0 Å². The summed E-state index contributed by atoms with van der Waals surface area (Å²) in [5.41, 5.74) is 2.81. The van der Waals surface area contributed by atoms with Gasteiger partial charge in [-0.25, -0.2) is 0 Å². The van der Waals surface area contributed by atoms with Gasteiger partial charge in [-0.1, -0.05) is 19.1 Å². The fraction of sp³-hybridized carbons (Fsp3) is 0.625. The van der Waals surface area contributed by atoms with E-state index < -0.39 is 0 Å². The van der Waals surface area contributed by atoms with Gasteiger partial charge in [0.15, 0.2) is 0 Å². The van der Waals surface area contributed by atoms with Crippen LogP contribution in [0.3, 0.4) is 0 Å². The SMILES string of the molecule is CC1CC1NCc1ccc(N2CCCCC2)cc1. The molecule has 1 heterocycles. The fourth-order valence-electron chi connectivity index (χ4n) is 2.83. The first kappa shape index (κ1) is 12.0. The third-order valence-electron chi connectivity index (χ3n) is 4.34. The average Bonchev–Trinajstić information content (AvgIpc) is 3.14. The Morgan fingerprint density at radius 3 is 2.39 bits per heavy atom. The van der Waals surface area contributed by atoms with Crippen molar-refractivity contribution in [2.75, 3.05) is 18.0 Å². The molecule has 18 heavy (non-hydrogen) atoms. The van der Waals surface area contributed by atoms with Gasteiger partial charge in [-0.2, -0.15) is 0 Å². The van der Waals surface area contributed by atoms with Gasteiger partial charge in [-0.3, -0.25) is 0 Å². The molecule has 1 saturated carbocycles. The van der Waals surface area contributed by atoms with E-state index in [0.29, 0.717) is 0 Å². The molecule has 2 heteroatoms. The summed E-state index contributed by atoms with van der Waals surface area (Å²) in [7, 11) is 0. The molecule has 1 aromatic rings. The second-order valence-electron chi connectivity index (χ2n) is 5.91. The molecule has 1 aliphatic heterocycles. The molecule has 1 aliphatic carbocycles. The lowest BCUT2D eigenvalue weighted by Crippen LogP contribution is -2.29. The van der Waals surface area contributed by atoms with Crippen molar-refractivity contribution in [1.82, 2.24) is 5.32 Å². The summed E-state index contributed by atoms with van der Waals surface area (Å²) in [6, 6.07) is 9.91. The van der Waals surface area contributed by atoms with Gasteiger partial charge >= 0.3 is 0 Å². The maximum Gasteiger partial charge on any atom is 0.0366 e. The molecule has 2 unspecified atom stereocenters. The number of benzene rings is 1. The second-order valence-corrected chi connectivity index (χ2v) is 5.91. The minimum atomic E-state index is 0.770. The number of nitrogens with zero attached hydrogens (tertiary/aromatic N) is 1. The van der Waals surface area contributed by atoms with Crippen molar-refractivity contribution in [2.24, 2.45) is 5.92 Å². The Balaban J connectivity index is 1.54. The zero-order chi connectivity index (χ0) is 12.4. The highest BCUT2D eigenvalue weighted by molar-refractivity contribution is 5.47. The van der Waals surface area contributed by atoms with Gasteiger partial charge in [0.1, 0.15) is 0 Å². The first-order chi connectivity index (χ1) is 8.83. The number of nitrogens with one attached hydrogen (secondary N) is 1. The van der Waals surface area contributed by atoms with Crippen molar-refractivity contribution >= 4 is 5.69 Å². The van der Waals surface area contributed by atoms with E-state index in [1.54, 1.807) is 0 Å². The highest BCUT2D eigenvalue weighted by Gasteiger charge is 2.31. The van der Waals surface area contributed by atoms with E-state index in [9.17, 15) is 0 Å². The lowest BCUT2D eigenvalue weighted by Gasteiger charge is -2.28. The van der Waals surface area contributed by atoms with Crippen molar-refractivity contribution < 1.29 is 0 Å². The minimum absolute atomic E-state index is 0.770. The summed E-state index contributed by atoms with van der Waals surface area (Å²) < 4.78 is 0. The second kappa shape index (κ2) is 5.31. The van der Waals surface area contributed by atoms with Crippen LogP contribution in [0.1, 0.15) is 38.2 Å². The molecule has 0 bridgehead atoms. The summed E-state index contributed by atoms with van der Waals surface area (Å²) in [4.78, 5) is 2.52. The van der Waals surface area contributed by atoms with Crippen LogP contribution in [0.5, 0.6) is 0 Å². The number of hydrogen-bond donors (Lipinski definition) is 1. The molecule has 3 rings (SSSR count). The summed E-state index contributed by atoms with van der Waals surface area (Å²) in [6.07, 6.45) is 5.45. The topological polar surface area (TPSA) is 15.3 Å². The van der Waals surface area contributed by atoms with Gasteiger partial charge in [-0.15, -0.1) is 0 Å². The Kier molecular flexibility index (Phi) is 3.55. The van der Waals surface area contributed by atoms with Crippen LogP contribution in [0.2, 0.25) is 0 Å². The van der Waals surface area contributed by atoms with Gasteiger partial charge in [0.25, 0.3) is 0 Å². The maximum absolute atomic E-state index is 3.61. The molecular weight excluding hydrogens is 220 g/mol. The molecule has 0 amide bonds. The van der Waals surface area contributed by atoms with Crippen LogP contribution in [0.25, 0.3) is 0 Å². The van der Waals surface area contributed by atoms with Gasteiger partial charge in [0.05, 0.1) is 0 Å². The van der Waals surface area contributed by atoms with Crippen LogP contribution in [0.15, 0.2) is 24.3 Å². The number of anilines is 1. The summed E-state index contributed by atoms with van der Waals surface area (Å²) in [5.74, 6) is 0.887. The molecule has 2 nitrogen and oxygen atoms in total. The normalized spacial score (nSPS) is 27.3. The van der Waals surface area contributed by atoms with Gasteiger partial charge < -0.3 is 10.2 Å². The quantitative estimate of drug-likeness (QED) is 0.875. The third-order valence-corrected chi connectivity index (χ3v) is 4.34. The lowest BCUT2D eigenvalue weighted by atomic mass is 10.1. The van der Waals surface area contributed by atoms with Crippen molar-refractivity contribution in [3.05, 3.63) is 29.8 Å².